The summed E-state index contributed by atoms with van der Waals surface area (Å²) >= 11 is 6.68. The highest BCUT2D eigenvalue weighted by molar-refractivity contribution is 6.21. The molecule has 20 heavy (non-hydrogen) atoms. The Morgan fingerprint density at radius 2 is 1.85 bits per heavy atom. The van der Waals surface area contributed by atoms with Gasteiger partial charge >= 0.3 is 0 Å². The third-order valence-electron chi connectivity index (χ3n) is 5.03. The van der Waals surface area contributed by atoms with Crippen LogP contribution in [0.5, 0.6) is 0 Å². The number of hydrogen-bond acceptors (Lipinski definition) is 1. The molecule has 1 unspecified atom stereocenters. The van der Waals surface area contributed by atoms with Crippen molar-refractivity contribution < 1.29 is 0 Å². The normalized spacial score (nSPS) is 22.5. The van der Waals surface area contributed by atoms with Crippen molar-refractivity contribution in [2.24, 2.45) is 5.92 Å². The predicted molar refractivity (Wildman–Crippen MR) is 86.5 cm³/mol. The lowest BCUT2D eigenvalue weighted by molar-refractivity contribution is 0.192. The monoisotopic (exact) mass is 291 g/mol. The molecular weight excluding hydrogens is 266 g/mol. The Morgan fingerprint density at radius 1 is 1.15 bits per heavy atom. The van der Waals surface area contributed by atoms with Crippen LogP contribution in [0.15, 0.2) is 18.2 Å². The number of hydrogen-bond donors (Lipinski definition) is 0. The van der Waals surface area contributed by atoms with Crippen molar-refractivity contribution in [3.05, 3.63) is 34.9 Å². The molecule has 2 heteroatoms. The number of fused-ring (bicyclic) bond motifs is 1. The van der Waals surface area contributed by atoms with Crippen LogP contribution in [0.1, 0.15) is 54.7 Å². The highest BCUT2D eigenvalue weighted by Gasteiger charge is 2.20. The summed E-state index contributed by atoms with van der Waals surface area (Å²) in [6.07, 6.45) is 7.85. The minimum atomic E-state index is 0.149. The first kappa shape index (κ1) is 14.4. The first-order chi connectivity index (χ1) is 9.72. The van der Waals surface area contributed by atoms with Gasteiger partial charge in [-0.2, -0.15) is 0 Å². The second-order valence-corrected chi connectivity index (χ2v) is 7.21. The molecule has 3 rings (SSSR count). The second kappa shape index (κ2) is 6.49. The van der Waals surface area contributed by atoms with Gasteiger partial charge in [0.15, 0.2) is 0 Å². The van der Waals surface area contributed by atoms with Crippen LogP contribution >= 0.6 is 11.6 Å². The van der Waals surface area contributed by atoms with E-state index in [1.54, 1.807) is 11.1 Å². The SMILES string of the molecule is CC1CCN(CC(Cl)c2ccc3c(c2)CCCC3)CC1. The zero-order chi connectivity index (χ0) is 13.9. The molecule has 2 aliphatic rings. The largest absolute Gasteiger partial charge is 0.302 e. The summed E-state index contributed by atoms with van der Waals surface area (Å²) in [5, 5.41) is 0.149. The molecule has 1 aromatic rings. The first-order valence-corrected chi connectivity index (χ1v) is 8.64. The van der Waals surface area contributed by atoms with Crippen LogP contribution < -0.4 is 0 Å². The molecule has 1 atom stereocenters. The molecule has 110 valence electrons. The summed E-state index contributed by atoms with van der Waals surface area (Å²) in [7, 11) is 0. The zero-order valence-electron chi connectivity index (χ0n) is 12.6. The fourth-order valence-corrected chi connectivity index (χ4v) is 3.86. The van der Waals surface area contributed by atoms with Gasteiger partial charge in [0.25, 0.3) is 0 Å². The molecule has 0 spiro atoms. The quantitative estimate of drug-likeness (QED) is 0.737. The van der Waals surface area contributed by atoms with Crippen molar-refractivity contribution in [2.45, 2.75) is 50.8 Å². The van der Waals surface area contributed by atoms with E-state index in [0.29, 0.717) is 0 Å². The Labute approximate surface area is 128 Å². The van der Waals surface area contributed by atoms with E-state index in [0.717, 1.165) is 12.5 Å². The molecule has 1 nitrogen and oxygen atoms in total. The lowest BCUT2D eigenvalue weighted by Gasteiger charge is -2.31. The summed E-state index contributed by atoms with van der Waals surface area (Å²) in [5.74, 6) is 0.892. The van der Waals surface area contributed by atoms with Gasteiger partial charge in [-0.05, 0) is 74.2 Å². The van der Waals surface area contributed by atoms with E-state index >= 15 is 0 Å². The van der Waals surface area contributed by atoms with Crippen molar-refractivity contribution in [3.8, 4) is 0 Å². The van der Waals surface area contributed by atoms with E-state index in [9.17, 15) is 0 Å². The number of piperidine rings is 1. The van der Waals surface area contributed by atoms with Gasteiger partial charge in [-0.15, -0.1) is 11.6 Å². The van der Waals surface area contributed by atoms with E-state index in [1.165, 1.54) is 57.2 Å². The zero-order valence-corrected chi connectivity index (χ0v) is 13.3. The van der Waals surface area contributed by atoms with Crippen molar-refractivity contribution in [1.29, 1.82) is 0 Å². The van der Waals surface area contributed by atoms with Gasteiger partial charge in [-0.1, -0.05) is 25.1 Å². The molecule has 1 aliphatic carbocycles. The fraction of sp³-hybridized carbons (Fsp3) is 0.667. The predicted octanol–water partition coefficient (Wildman–Crippen LogP) is 4.58. The van der Waals surface area contributed by atoms with Gasteiger partial charge in [0.05, 0.1) is 5.38 Å². The molecule has 1 fully saturated rings. The van der Waals surface area contributed by atoms with Crippen molar-refractivity contribution in [3.63, 3.8) is 0 Å². The van der Waals surface area contributed by atoms with Crippen LogP contribution in [0.25, 0.3) is 0 Å². The fourth-order valence-electron chi connectivity index (χ4n) is 3.52. The Balaban J connectivity index is 1.63. The minimum absolute atomic E-state index is 0.149. The Morgan fingerprint density at radius 3 is 2.60 bits per heavy atom. The maximum atomic E-state index is 6.68. The van der Waals surface area contributed by atoms with E-state index in [4.69, 9.17) is 11.6 Å². The molecule has 1 aliphatic heterocycles. The second-order valence-electron chi connectivity index (χ2n) is 6.69. The van der Waals surface area contributed by atoms with Gasteiger partial charge in [0.1, 0.15) is 0 Å². The first-order valence-electron chi connectivity index (χ1n) is 8.20. The molecule has 1 heterocycles. The van der Waals surface area contributed by atoms with Crippen LogP contribution in [-0.2, 0) is 12.8 Å². The van der Waals surface area contributed by atoms with Gasteiger partial charge in [-0.3, -0.25) is 0 Å². The number of halogens is 1. The summed E-state index contributed by atoms with van der Waals surface area (Å²) in [5.41, 5.74) is 4.42. The highest BCUT2D eigenvalue weighted by atomic mass is 35.5. The summed E-state index contributed by atoms with van der Waals surface area (Å²) in [4.78, 5) is 2.54. The summed E-state index contributed by atoms with van der Waals surface area (Å²) in [6.45, 7) is 5.80. The number of likely N-dealkylation sites (tertiary alicyclic amines) is 1. The lowest BCUT2D eigenvalue weighted by atomic mass is 9.90. The topological polar surface area (TPSA) is 3.24 Å². The molecule has 0 amide bonds. The molecule has 1 aromatic carbocycles. The van der Waals surface area contributed by atoms with Crippen LogP contribution in [0.3, 0.4) is 0 Å². The minimum Gasteiger partial charge on any atom is -0.302 e. The number of rotatable bonds is 3. The number of nitrogens with zero attached hydrogens (tertiary/aromatic N) is 1. The third-order valence-corrected chi connectivity index (χ3v) is 5.42. The average Bonchev–Trinajstić information content (AvgIpc) is 2.49. The highest BCUT2D eigenvalue weighted by Crippen LogP contribution is 2.29. The lowest BCUT2D eigenvalue weighted by Crippen LogP contribution is -2.35. The Bertz CT molecular complexity index is 449. The average molecular weight is 292 g/mol. The molecule has 0 saturated carbocycles. The van der Waals surface area contributed by atoms with Crippen LogP contribution in [0.4, 0.5) is 0 Å². The van der Waals surface area contributed by atoms with E-state index in [-0.39, 0.29) is 5.38 Å². The molecule has 0 N–H and O–H groups in total. The number of alkyl halides is 1. The van der Waals surface area contributed by atoms with E-state index in [2.05, 4.69) is 30.0 Å². The van der Waals surface area contributed by atoms with Crippen LogP contribution in [-0.4, -0.2) is 24.5 Å². The van der Waals surface area contributed by atoms with Gasteiger partial charge in [-0.25, -0.2) is 0 Å². The molecule has 1 saturated heterocycles. The molecule has 0 radical (unpaired) electrons. The van der Waals surface area contributed by atoms with Crippen molar-refractivity contribution in [1.82, 2.24) is 4.90 Å². The van der Waals surface area contributed by atoms with Gasteiger partial charge in [0.2, 0.25) is 0 Å². The van der Waals surface area contributed by atoms with Crippen molar-refractivity contribution in [2.75, 3.05) is 19.6 Å². The van der Waals surface area contributed by atoms with Crippen LogP contribution in [0, 0.1) is 5.92 Å². The standard InChI is InChI=1S/C18H26ClN/c1-14-8-10-20(11-9-14)13-18(19)17-7-6-15-4-2-3-5-16(15)12-17/h6-7,12,14,18H,2-5,8-11,13H2,1H3. The molecular formula is C18H26ClN. The molecule has 0 bridgehead atoms. The van der Waals surface area contributed by atoms with E-state index < -0.39 is 0 Å². The Hall–Kier alpha value is -0.530. The summed E-state index contributed by atoms with van der Waals surface area (Å²) < 4.78 is 0. The maximum Gasteiger partial charge on any atom is 0.0712 e. The third kappa shape index (κ3) is 3.38. The molecule has 0 aromatic heterocycles. The Kier molecular flexibility index (Phi) is 4.68. The smallest absolute Gasteiger partial charge is 0.0712 e. The van der Waals surface area contributed by atoms with Gasteiger partial charge < -0.3 is 4.90 Å². The van der Waals surface area contributed by atoms with Crippen molar-refractivity contribution >= 4 is 11.6 Å². The number of aryl methyl sites for hydroxylation is 2. The van der Waals surface area contributed by atoms with Crippen LogP contribution in [0.2, 0.25) is 0 Å². The summed E-state index contributed by atoms with van der Waals surface area (Å²) in [6, 6.07) is 6.95. The maximum absolute atomic E-state index is 6.68. The van der Waals surface area contributed by atoms with Gasteiger partial charge in [0, 0.05) is 6.54 Å². The van der Waals surface area contributed by atoms with E-state index in [1.807, 2.05) is 0 Å². The number of benzene rings is 1.